The highest BCUT2D eigenvalue weighted by Crippen LogP contribution is 2.41. The maximum atomic E-state index is 12.8. The van der Waals surface area contributed by atoms with Crippen molar-refractivity contribution in [3.8, 4) is 0 Å². The van der Waals surface area contributed by atoms with Crippen LogP contribution >= 0.6 is 34.9 Å². The van der Waals surface area contributed by atoms with Gasteiger partial charge in [0.05, 0.1) is 0 Å². The average molecular weight is 492 g/mol. The number of oxime groups is 1. The zero-order valence-electron chi connectivity index (χ0n) is 16.6. The normalized spacial score (nSPS) is 20.6. The summed E-state index contributed by atoms with van der Waals surface area (Å²) >= 11 is 4.16. The number of carbonyl (C=O) groups excluding carboxylic acids is 2. The van der Waals surface area contributed by atoms with Crippen molar-refractivity contribution in [2.45, 2.75) is 22.7 Å². The molecular weight excluding hydrogens is 474 g/mol. The Morgan fingerprint density at radius 2 is 2.06 bits per heavy atom. The van der Waals surface area contributed by atoms with Gasteiger partial charge < -0.3 is 15.6 Å². The first-order valence-electron chi connectivity index (χ1n) is 9.32. The monoisotopic (exact) mass is 491 g/mol. The van der Waals surface area contributed by atoms with Crippen molar-refractivity contribution < 1.29 is 24.7 Å². The fraction of sp³-hybridized carbons (Fsp3) is 0.263. The number of benzene rings is 1. The second kappa shape index (κ2) is 9.30. The first-order valence-corrected chi connectivity index (χ1v) is 12.2. The van der Waals surface area contributed by atoms with E-state index in [4.69, 9.17) is 0 Å². The summed E-state index contributed by atoms with van der Waals surface area (Å²) in [4.78, 5) is 38.6. The highest BCUT2D eigenvalue weighted by Gasteiger charge is 2.54. The van der Waals surface area contributed by atoms with Gasteiger partial charge in [0.2, 0.25) is 0 Å². The van der Waals surface area contributed by atoms with E-state index >= 15 is 0 Å². The van der Waals surface area contributed by atoms with Crippen LogP contribution in [-0.2, 0) is 14.4 Å². The first-order chi connectivity index (χ1) is 15.4. The summed E-state index contributed by atoms with van der Waals surface area (Å²) in [5, 5.41) is 32.9. The van der Waals surface area contributed by atoms with Gasteiger partial charge >= 0.3 is 5.97 Å². The molecular formula is C19H17N5O5S3. The van der Waals surface area contributed by atoms with Crippen LogP contribution in [0.1, 0.15) is 10.6 Å². The Labute approximate surface area is 194 Å². The number of aromatic nitrogens is 2. The Kier molecular flexibility index (Phi) is 6.48. The number of nitrogens with zero attached hydrogens (tertiary/aromatic N) is 4. The van der Waals surface area contributed by atoms with E-state index in [0.29, 0.717) is 22.6 Å². The fourth-order valence-corrected chi connectivity index (χ4v) is 6.62. The minimum atomic E-state index is -1.20. The fourth-order valence-electron chi connectivity index (χ4n) is 3.32. The number of hydrogen-bond acceptors (Lipinski definition) is 10. The minimum absolute atomic E-state index is 0.0582. The van der Waals surface area contributed by atoms with Gasteiger partial charge in [0.1, 0.15) is 22.1 Å². The zero-order valence-corrected chi connectivity index (χ0v) is 19.0. The molecule has 2 aromatic rings. The smallest absolute Gasteiger partial charge is 0.352 e. The number of fused-ring (bicyclic) bond motifs is 1. The maximum Gasteiger partial charge on any atom is 0.352 e. The lowest BCUT2D eigenvalue weighted by Crippen LogP contribution is -2.71. The molecule has 0 unspecified atom stereocenters. The Bertz CT molecular complexity index is 1130. The second-order valence-electron chi connectivity index (χ2n) is 6.81. The number of hydrogen-bond donors (Lipinski definition) is 3. The number of aliphatic carboxylic acids is 1. The van der Waals surface area contributed by atoms with Gasteiger partial charge in [-0.3, -0.25) is 14.5 Å². The van der Waals surface area contributed by atoms with E-state index in [1.54, 1.807) is 30.3 Å². The molecule has 0 bridgehead atoms. The highest BCUT2D eigenvalue weighted by molar-refractivity contribution is 8.01. The maximum absolute atomic E-state index is 12.8. The third-order valence-electron chi connectivity index (χ3n) is 4.78. The lowest BCUT2D eigenvalue weighted by atomic mass is 10.0. The summed E-state index contributed by atoms with van der Waals surface area (Å²) in [6, 6.07) is 7.43. The van der Waals surface area contributed by atoms with Crippen molar-refractivity contribution in [1.82, 2.24) is 20.4 Å². The second-order valence-corrected chi connectivity index (χ2v) is 10.3. The summed E-state index contributed by atoms with van der Waals surface area (Å²) in [5.41, 5.74) is 0.717. The van der Waals surface area contributed by atoms with Crippen LogP contribution in [0.15, 0.2) is 51.1 Å². The Morgan fingerprint density at radius 1 is 1.31 bits per heavy atom. The van der Waals surface area contributed by atoms with Crippen LogP contribution in [0, 0.1) is 6.92 Å². The molecule has 166 valence electrons. The predicted octanol–water partition coefficient (Wildman–Crippen LogP) is 1.56. The largest absolute Gasteiger partial charge is 0.477 e. The Morgan fingerprint density at radius 3 is 2.69 bits per heavy atom. The number of rotatable bonds is 7. The number of nitrogens with one attached hydrogen (secondary N) is 1. The van der Waals surface area contributed by atoms with E-state index in [2.05, 4.69) is 20.7 Å². The van der Waals surface area contributed by atoms with E-state index in [1.807, 2.05) is 6.92 Å². The zero-order chi connectivity index (χ0) is 22.8. The SMILES string of the molecule is Cc1nnc(SCC2=C(C(=O)O)N3C(=O)[C@@H](NC(=O)/C(=N/O)c4ccccc4)[C@H]3SC2)s1. The van der Waals surface area contributed by atoms with Crippen LogP contribution in [0.3, 0.4) is 0 Å². The molecule has 2 atom stereocenters. The molecule has 3 N–H and O–H groups in total. The standard InChI is InChI=1S/C19H17N5O5S3/c1-9-21-22-19(32-9)31-8-11-7-30-17-13(16(26)24(17)14(11)18(27)28)20-15(25)12(23-29)10-5-3-2-4-6-10/h2-6,13,17,29H,7-8H2,1H3,(H,20,25)(H,27,28)/b23-12+/t13-,17-/m1/s1. The molecule has 1 aromatic carbocycles. The van der Waals surface area contributed by atoms with Crippen molar-refractivity contribution in [2.24, 2.45) is 5.16 Å². The quantitative estimate of drug-likeness (QED) is 0.173. The van der Waals surface area contributed by atoms with Crippen LogP contribution in [0.2, 0.25) is 0 Å². The van der Waals surface area contributed by atoms with Crippen molar-refractivity contribution in [2.75, 3.05) is 11.5 Å². The third kappa shape index (κ3) is 4.23. The van der Waals surface area contributed by atoms with Crippen LogP contribution in [-0.4, -0.2) is 71.8 Å². The van der Waals surface area contributed by atoms with Crippen molar-refractivity contribution in [3.05, 3.63) is 52.2 Å². The van der Waals surface area contributed by atoms with Gasteiger partial charge in [-0.2, -0.15) is 0 Å². The van der Waals surface area contributed by atoms with E-state index < -0.39 is 29.2 Å². The molecule has 13 heteroatoms. The summed E-state index contributed by atoms with van der Waals surface area (Å²) in [6.45, 7) is 1.84. The van der Waals surface area contributed by atoms with Gasteiger partial charge in [0, 0.05) is 17.1 Å². The number of carbonyl (C=O) groups is 3. The van der Waals surface area contributed by atoms with E-state index in [9.17, 15) is 24.7 Å². The summed E-state index contributed by atoms with van der Waals surface area (Å²) in [5.74, 6) is -1.67. The number of β-lactam (4-membered cyclic amide) rings is 1. The number of carboxylic acids is 1. The average Bonchev–Trinajstić information content (AvgIpc) is 3.21. The van der Waals surface area contributed by atoms with Gasteiger partial charge in [-0.25, -0.2) is 4.79 Å². The van der Waals surface area contributed by atoms with E-state index in [1.165, 1.54) is 39.8 Å². The lowest BCUT2D eigenvalue weighted by Gasteiger charge is -2.49. The van der Waals surface area contributed by atoms with Crippen LogP contribution < -0.4 is 5.32 Å². The molecule has 2 aliphatic heterocycles. The lowest BCUT2D eigenvalue weighted by molar-refractivity contribution is -0.150. The molecule has 10 nitrogen and oxygen atoms in total. The third-order valence-corrected chi connectivity index (χ3v) is 8.17. The molecule has 3 heterocycles. The van der Waals surface area contributed by atoms with Crippen LogP contribution in [0.4, 0.5) is 0 Å². The molecule has 4 rings (SSSR count). The molecule has 0 spiro atoms. The number of aryl methyl sites for hydroxylation is 1. The van der Waals surface area contributed by atoms with Gasteiger partial charge in [0.15, 0.2) is 10.1 Å². The summed E-state index contributed by atoms with van der Waals surface area (Å²) < 4.78 is 0.726. The Balaban J connectivity index is 1.48. The Hall–Kier alpha value is -2.90. The molecule has 32 heavy (non-hydrogen) atoms. The summed E-state index contributed by atoms with van der Waals surface area (Å²) in [6.07, 6.45) is 0. The van der Waals surface area contributed by atoms with Gasteiger partial charge in [0.25, 0.3) is 11.8 Å². The van der Waals surface area contributed by atoms with E-state index in [-0.39, 0.29) is 11.4 Å². The van der Waals surface area contributed by atoms with Gasteiger partial charge in [-0.15, -0.1) is 22.0 Å². The molecule has 2 aliphatic rings. The van der Waals surface area contributed by atoms with Crippen molar-refractivity contribution in [3.63, 3.8) is 0 Å². The van der Waals surface area contributed by atoms with Gasteiger partial charge in [-0.1, -0.05) is 58.6 Å². The number of carboxylic acid groups (broad SMARTS) is 1. The van der Waals surface area contributed by atoms with Crippen molar-refractivity contribution >= 4 is 58.4 Å². The molecule has 0 aliphatic carbocycles. The molecule has 1 fully saturated rings. The number of amides is 2. The van der Waals surface area contributed by atoms with Crippen molar-refractivity contribution in [1.29, 1.82) is 0 Å². The molecule has 1 saturated heterocycles. The van der Waals surface area contributed by atoms with E-state index in [0.717, 1.165) is 9.35 Å². The number of thioether (sulfide) groups is 2. The van der Waals surface area contributed by atoms with Gasteiger partial charge in [-0.05, 0) is 12.5 Å². The topological polar surface area (TPSA) is 145 Å². The predicted molar refractivity (Wildman–Crippen MR) is 120 cm³/mol. The minimum Gasteiger partial charge on any atom is -0.477 e. The van der Waals surface area contributed by atoms with Crippen LogP contribution in [0.5, 0.6) is 0 Å². The van der Waals surface area contributed by atoms with Crippen LogP contribution in [0.25, 0.3) is 0 Å². The summed E-state index contributed by atoms with van der Waals surface area (Å²) in [7, 11) is 0. The first kappa shape index (κ1) is 22.3. The molecule has 0 saturated carbocycles. The molecule has 0 radical (unpaired) electrons. The molecule has 1 aromatic heterocycles. The highest BCUT2D eigenvalue weighted by atomic mass is 32.2. The molecule has 2 amide bonds.